The maximum Gasteiger partial charge on any atom is 0.312 e. The second kappa shape index (κ2) is 4.43. The standard InChI is InChI=1S/C7H5BrClNO3/c8-5-2-1-3-6(10(11)12)7(5)13-4-9/h1-3H,4H2. The lowest BCUT2D eigenvalue weighted by molar-refractivity contribution is -0.385. The summed E-state index contributed by atoms with van der Waals surface area (Å²) in [5.41, 5.74) is -0.102. The number of rotatable bonds is 3. The first-order chi connectivity index (χ1) is 6.16. The van der Waals surface area contributed by atoms with Crippen LogP contribution in [0.4, 0.5) is 5.69 Å². The minimum atomic E-state index is -0.521. The van der Waals surface area contributed by atoms with Crippen molar-refractivity contribution in [3.63, 3.8) is 0 Å². The van der Waals surface area contributed by atoms with Crippen molar-refractivity contribution in [1.29, 1.82) is 0 Å². The number of para-hydroxylation sites is 1. The number of nitrogens with zero attached hydrogens (tertiary/aromatic N) is 1. The molecule has 0 unspecified atom stereocenters. The van der Waals surface area contributed by atoms with Gasteiger partial charge in [-0.2, -0.15) is 0 Å². The van der Waals surface area contributed by atoms with Crippen LogP contribution in [-0.2, 0) is 0 Å². The SMILES string of the molecule is O=[N+]([O-])c1cccc(Br)c1OCCl. The highest BCUT2D eigenvalue weighted by atomic mass is 79.9. The average Bonchev–Trinajstić information content (AvgIpc) is 2.08. The van der Waals surface area contributed by atoms with Gasteiger partial charge >= 0.3 is 5.69 Å². The molecule has 0 fully saturated rings. The Labute approximate surface area is 87.7 Å². The summed E-state index contributed by atoms with van der Waals surface area (Å²) in [6.45, 7) is 0. The van der Waals surface area contributed by atoms with E-state index in [1.165, 1.54) is 6.07 Å². The molecular weight excluding hydrogens is 261 g/mol. The van der Waals surface area contributed by atoms with E-state index < -0.39 is 4.92 Å². The van der Waals surface area contributed by atoms with Gasteiger partial charge in [0.2, 0.25) is 5.75 Å². The number of hydrogen-bond donors (Lipinski definition) is 0. The van der Waals surface area contributed by atoms with Crippen molar-refractivity contribution in [1.82, 2.24) is 0 Å². The van der Waals surface area contributed by atoms with E-state index in [9.17, 15) is 10.1 Å². The zero-order valence-electron chi connectivity index (χ0n) is 6.37. The van der Waals surface area contributed by atoms with Crippen LogP contribution in [0.3, 0.4) is 0 Å². The van der Waals surface area contributed by atoms with Crippen LogP contribution in [0.2, 0.25) is 0 Å². The third kappa shape index (κ3) is 2.32. The third-order valence-electron chi connectivity index (χ3n) is 1.34. The van der Waals surface area contributed by atoms with Gasteiger partial charge in [0.15, 0.2) is 6.07 Å². The van der Waals surface area contributed by atoms with Gasteiger partial charge in [-0.3, -0.25) is 10.1 Å². The van der Waals surface area contributed by atoms with Gasteiger partial charge in [0, 0.05) is 6.07 Å². The number of halogens is 2. The van der Waals surface area contributed by atoms with Crippen molar-refractivity contribution in [2.75, 3.05) is 6.07 Å². The molecule has 1 rings (SSSR count). The van der Waals surface area contributed by atoms with E-state index in [1.54, 1.807) is 12.1 Å². The summed E-state index contributed by atoms with van der Waals surface area (Å²) in [5, 5.41) is 10.5. The molecule has 0 atom stereocenters. The van der Waals surface area contributed by atoms with Crippen LogP contribution in [0.5, 0.6) is 5.75 Å². The lowest BCUT2D eigenvalue weighted by Crippen LogP contribution is -1.96. The highest BCUT2D eigenvalue weighted by molar-refractivity contribution is 9.10. The molecule has 4 nitrogen and oxygen atoms in total. The fourth-order valence-corrected chi connectivity index (χ4v) is 1.42. The summed E-state index contributed by atoms with van der Waals surface area (Å²) in [6, 6.07) is 4.44. The zero-order valence-corrected chi connectivity index (χ0v) is 8.71. The van der Waals surface area contributed by atoms with E-state index >= 15 is 0 Å². The molecule has 1 aromatic rings. The van der Waals surface area contributed by atoms with E-state index in [4.69, 9.17) is 16.3 Å². The van der Waals surface area contributed by atoms with Gasteiger partial charge in [0.05, 0.1) is 9.40 Å². The summed E-state index contributed by atoms with van der Waals surface area (Å²) in [6.07, 6.45) is 0. The van der Waals surface area contributed by atoms with Crippen molar-refractivity contribution >= 4 is 33.2 Å². The normalized spacial score (nSPS) is 9.69. The summed E-state index contributed by atoms with van der Waals surface area (Å²) in [4.78, 5) is 9.99. The molecule has 0 aromatic heterocycles. The molecule has 0 N–H and O–H groups in total. The molecular formula is C7H5BrClNO3. The number of alkyl halides is 1. The molecule has 0 spiro atoms. The predicted octanol–water partition coefficient (Wildman–Crippen LogP) is 2.93. The first kappa shape index (κ1) is 10.3. The van der Waals surface area contributed by atoms with Gasteiger partial charge in [-0.15, -0.1) is 0 Å². The van der Waals surface area contributed by atoms with E-state index in [2.05, 4.69) is 15.9 Å². The average molecular weight is 266 g/mol. The molecule has 0 bridgehead atoms. The highest BCUT2D eigenvalue weighted by Gasteiger charge is 2.17. The maximum atomic E-state index is 10.5. The summed E-state index contributed by atoms with van der Waals surface area (Å²) >= 11 is 8.45. The van der Waals surface area contributed by atoms with E-state index in [0.717, 1.165) is 0 Å². The van der Waals surface area contributed by atoms with Gasteiger partial charge in [0.1, 0.15) is 0 Å². The quantitative estimate of drug-likeness (QED) is 0.480. The maximum absolute atomic E-state index is 10.5. The molecule has 13 heavy (non-hydrogen) atoms. The number of nitro groups is 1. The van der Waals surface area contributed by atoms with Gasteiger partial charge in [0.25, 0.3) is 0 Å². The molecule has 0 aliphatic heterocycles. The monoisotopic (exact) mass is 265 g/mol. The number of nitro benzene ring substituents is 1. The topological polar surface area (TPSA) is 52.4 Å². The van der Waals surface area contributed by atoms with E-state index in [1.807, 2.05) is 0 Å². The molecule has 6 heteroatoms. The largest absolute Gasteiger partial charge is 0.470 e. The van der Waals surface area contributed by atoms with Crippen LogP contribution in [0.15, 0.2) is 22.7 Å². The Hall–Kier alpha value is -0.810. The Bertz CT molecular complexity index is 332. The molecule has 0 heterocycles. The molecule has 0 saturated heterocycles. The Kier molecular flexibility index (Phi) is 3.50. The van der Waals surface area contributed by atoms with Crippen LogP contribution in [-0.4, -0.2) is 11.0 Å². The molecule has 70 valence electrons. The second-order valence-corrected chi connectivity index (χ2v) is 3.17. The van der Waals surface area contributed by atoms with Gasteiger partial charge in [-0.25, -0.2) is 0 Å². The van der Waals surface area contributed by atoms with Crippen molar-refractivity contribution in [3.8, 4) is 5.75 Å². The van der Waals surface area contributed by atoms with E-state index in [-0.39, 0.29) is 17.5 Å². The van der Waals surface area contributed by atoms with Crippen LogP contribution in [0, 0.1) is 10.1 Å². The smallest absolute Gasteiger partial charge is 0.312 e. The zero-order chi connectivity index (χ0) is 9.84. The summed E-state index contributed by atoms with van der Waals surface area (Å²) < 4.78 is 5.42. The van der Waals surface area contributed by atoms with Crippen molar-refractivity contribution < 1.29 is 9.66 Å². The Morgan fingerprint density at radius 1 is 1.62 bits per heavy atom. The summed E-state index contributed by atoms with van der Waals surface area (Å²) in [7, 11) is 0. The van der Waals surface area contributed by atoms with Gasteiger partial charge < -0.3 is 4.74 Å². The van der Waals surface area contributed by atoms with Crippen LogP contribution >= 0.6 is 27.5 Å². The first-order valence-corrected chi connectivity index (χ1v) is 4.61. The first-order valence-electron chi connectivity index (χ1n) is 3.28. The minimum Gasteiger partial charge on any atom is -0.470 e. The van der Waals surface area contributed by atoms with Crippen LogP contribution < -0.4 is 4.74 Å². The third-order valence-corrected chi connectivity index (χ3v) is 2.08. The van der Waals surface area contributed by atoms with Crippen molar-refractivity contribution in [2.24, 2.45) is 0 Å². The highest BCUT2D eigenvalue weighted by Crippen LogP contribution is 2.34. The Morgan fingerprint density at radius 3 is 2.85 bits per heavy atom. The molecule has 1 aromatic carbocycles. The number of hydrogen-bond acceptors (Lipinski definition) is 3. The van der Waals surface area contributed by atoms with Crippen molar-refractivity contribution in [3.05, 3.63) is 32.8 Å². The lowest BCUT2D eigenvalue weighted by Gasteiger charge is -2.04. The molecule has 0 radical (unpaired) electrons. The second-order valence-electron chi connectivity index (χ2n) is 2.10. The lowest BCUT2D eigenvalue weighted by atomic mass is 10.3. The summed E-state index contributed by atoms with van der Waals surface area (Å²) in [5.74, 6) is 0.155. The molecule has 0 amide bonds. The number of benzene rings is 1. The molecule has 0 aliphatic carbocycles. The molecule has 0 saturated carbocycles. The van der Waals surface area contributed by atoms with Crippen molar-refractivity contribution in [2.45, 2.75) is 0 Å². The predicted molar refractivity (Wildman–Crippen MR) is 52.1 cm³/mol. The van der Waals surface area contributed by atoms with Gasteiger partial charge in [-0.05, 0) is 22.0 Å². The fourth-order valence-electron chi connectivity index (χ4n) is 0.839. The minimum absolute atomic E-state index is 0.102. The van der Waals surface area contributed by atoms with Crippen LogP contribution in [0.1, 0.15) is 0 Å². The Morgan fingerprint density at radius 2 is 2.31 bits per heavy atom. The Balaban J connectivity index is 3.17. The fraction of sp³-hybridized carbons (Fsp3) is 0.143. The van der Waals surface area contributed by atoms with Gasteiger partial charge in [-0.1, -0.05) is 17.7 Å². The van der Waals surface area contributed by atoms with Crippen LogP contribution in [0.25, 0.3) is 0 Å². The molecule has 0 aliphatic rings. The van der Waals surface area contributed by atoms with E-state index in [0.29, 0.717) is 4.47 Å². The number of ether oxygens (including phenoxy) is 1.